The van der Waals surface area contributed by atoms with Crippen molar-refractivity contribution in [2.75, 3.05) is 13.7 Å². The molecule has 0 aliphatic carbocycles. The molecule has 0 bridgehead atoms. The van der Waals surface area contributed by atoms with Crippen molar-refractivity contribution in [3.8, 4) is 17.2 Å². The van der Waals surface area contributed by atoms with Crippen molar-refractivity contribution in [2.45, 2.75) is 38.6 Å². The van der Waals surface area contributed by atoms with Crippen molar-refractivity contribution in [3.63, 3.8) is 0 Å². The van der Waals surface area contributed by atoms with Gasteiger partial charge in [0, 0.05) is 17.2 Å². The minimum atomic E-state index is -0.704. The maximum Gasteiger partial charge on any atom is 0.279 e. The van der Waals surface area contributed by atoms with E-state index in [4.69, 9.17) is 9.47 Å². The van der Waals surface area contributed by atoms with Gasteiger partial charge in [0.2, 0.25) is 0 Å². The number of hydrogen-bond acceptors (Lipinski definition) is 7. The van der Waals surface area contributed by atoms with Gasteiger partial charge in [0.25, 0.3) is 11.8 Å². The number of hydrazone groups is 1. The number of hydrogen-bond donors (Lipinski definition) is 2. The molecule has 210 valence electrons. The second-order valence-electron chi connectivity index (χ2n) is 9.54. The molecule has 0 fully saturated rings. The lowest BCUT2D eigenvalue weighted by atomic mass is 10.0. The summed E-state index contributed by atoms with van der Waals surface area (Å²) in [7, 11) is 1.48. The highest BCUT2D eigenvalue weighted by Crippen LogP contribution is 2.47. The first kappa shape index (κ1) is 28.9. The van der Waals surface area contributed by atoms with Crippen LogP contribution in [0.1, 0.15) is 54.1 Å². The van der Waals surface area contributed by atoms with Crippen molar-refractivity contribution in [3.05, 3.63) is 89.2 Å². The molecule has 0 radical (unpaired) electrons. The molecular weight excluding hydrogens is 533 g/mol. The summed E-state index contributed by atoms with van der Waals surface area (Å²) in [4.78, 5) is 26.2. The number of ether oxygens (including phenoxy) is 2. The molecule has 2 atom stereocenters. The van der Waals surface area contributed by atoms with Gasteiger partial charge in [0.1, 0.15) is 22.0 Å². The predicted octanol–water partition coefficient (Wildman–Crippen LogP) is 5.72. The summed E-state index contributed by atoms with van der Waals surface area (Å²) in [6.45, 7) is 5.90. The first-order valence-electron chi connectivity index (χ1n) is 12.9. The zero-order valence-corrected chi connectivity index (χ0v) is 23.6. The van der Waals surface area contributed by atoms with Crippen molar-refractivity contribution >= 4 is 28.6 Å². The highest BCUT2D eigenvalue weighted by atomic mass is 32.2. The van der Waals surface area contributed by atoms with E-state index in [2.05, 4.69) is 10.4 Å². The molecule has 2 amide bonds. The number of aromatic hydroxyl groups is 1. The summed E-state index contributed by atoms with van der Waals surface area (Å²) in [5, 5.41) is 19.0. The highest BCUT2D eigenvalue weighted by Gasteiger charge is 2.37. The summed E-state index contributed by atoms with van der Waals surface area (Å²) < 4.78 is 25.2. The number of rotatable bonds is 10. The number of halogens is 1. The van der Waals surface area contributed by atoms with Crippen molar-refractivity contribution < 1.29 is 28.6 Å². The number of thioether (sulfide) groups is 1. The van der Waals surface area contributed by atoms with Crippen molar-refractivity contribution in [1.82, 2.24) is 10.3 Å². The van der Waals surface area contributed by atoms with Gasteiger partial charge in [0.15, 0.2) is 18.1 Å². The number of nitrogens with one attached hydrogen (secondary N) is 1. The van der Waals surface area contributed by atoms with Crippen LogP contribution in [0.15, 0.2) is 71.8 Å². The molecule has 2 N–H and O–H groups in total. The van der Waals surface area contributed by atoms with Gasteiger partial charge >= 0.3 is 0 Å². The van der Waals surface area contributed by atoms with Gasteiger partial charge in [0.05, 0.1) is 12.7 Å². The Hall–Kier alpha value is -4.05. The molecule has 4 rings (SSSR count). The average Bonchev–Trinajstić information content (AvgIpc) is 3.40. The summed E-state index contributed by atoms with van der Waals surface area (Å²) in [5.41, 5.74) is 1.28. The van der Waals surface area contributed by atoms with Gasteiger partial charge in [-0.15, -0.1) is 0 Å². The second-order valence-corrected chi connectivity index (χ2v) is 10.6. The van der Waals surface area contributed by atoms with Gasteiger partial charge in [-0.3, -0.25) is 9.59 Å². The average molecular weight is 566 g/mol. The van der Waals surface area contributed by atoms with E-state index in [1.54, 1.807) is 42.5 Å². The Kier molecular flexibility index (Phi) is 9.31. The number of carbonyl (C=O) groups is 2. The van der Waals surface area contributed by atoms with Crippen LogP contribution in [0.3, 0.4) is 0 Å². The Morgan fingerprint density at radius 1 is 1.10 bits per heavy atom. The van der Waals surface area contributed by atoms with Gasteiger partial charge in [-0.1, -0.05) is 56.8 Å². The molecular formula is C30H32FN3O5S. The topological polar surface area (TPSA) is 100 Å². The molecule has 0 saturated carbocycles. The van der Waals surface area contributed by atoms with Crippen LogP contribution in [0, 0.1) is 11.7 Å². The molecule has 3 aromatic carbocycles. The van der Waals surface area contributed by atoms with E-state index in [9.17, 15) is 19.1 Å². The smallest absolute Gasteiger partial charge is 0.279 e. The molecule has 1 aliphatic heterocycles. The lowest BCUT2D eigenvalue weighted by molar-refractivity contribution is -0.124. The largest absolute Gasteiger partial charge is 0.507 e. The molecule has 0 aromatic heterocycles. The number of para-hydroxylation sites is 2. The third kappa shape index (κ3) is 6.39. The van der Waals surface area contributed by atoms with Crippen LogP contribution < -0.4 is 14.8 Å². The zero-order chi connectivity index (χ0) is 28.8. The third-order valence-corrected chi connectivity index (χ3v) is 7.72. The lowest BCUT2D eigenvalue weighted by Crippen LogP contribution is -2.40. The molecule has 10 heteroatoms. The molecule has 1 heterocycles. The number of phenols is 1. The van der Waals surface area contributed by atoms with E-state index >= 15 is 0 Å². The minimum Gasteiger partial charge on any atom is -0.507 e. The van der Waals surface area contributed by atoms with Crippen LogP contribution >= 0.6 is 11.8 Å². The SMILES string of the molecule is CCC(NC(=O)COc1cccc(C2SC(c3ccc(F)cc3)=NN2C(=O)c2ccccc2O)c1OC)C(C)C. The Balaban J connectivity index is 1.66. The molecule has 2 unspecified atom stereocenters. The van der Waals surface area contributed by atoms with E-state index in [0.29, 0.717) is 27.7 Å². The Morgan fingerprint density at radius 2 is 1.82 bits per heavy atom. The van der Waals surface area contributed by atoms with Crippen LogP contribution in [0.4, 0.5) is 4.39 Å². The summed E-state index contributed by atoms with van der Waals surface area (Å²) in [6.07, 6.45) is 0.804. The Bertz CT molecular complexity index is 1400. The van der Waals surface area contributed by atoms with Gasteiger partial charge in [-0.25, -0.2) is 9.40 Å². The quantitative estimate of drug-likeness (QED) is 0.326. The summed E-state index contributed by atoms with van der Waals surface area (Å²) in [6, 6.07) is 17.3. The standard InChI is InChI=1S/C30H32FN3O5S/c1-5-23(18(2)3)32-26(36)17-39-25-12-8-10-22(27(25)38-4)30-34(29(37)21-9-6-7-11-24(21)35)33-28(40-30)19-13-15-20(31)16-14-19/h6-16,18,23,30,35H,5,17H2,1-4H3,(H,32,36). The first-order chi connectivity index (χ1) is 19.2. The van der Waals surface area contributed by atoms with Gasteiger partial charge < -0.3 is 19.9 Å². The Labute approximate surface area is 237 Å². The molecule has 1 aliphatic rings. The number of amides is 2. The molecule has 40 heavy (non-hydrogen) atoms. The summed E-state index contributed by atoms with van der Waals surface area (Å²) >= 11 is 1.27. The maximum absolute atomic E-state index is 13.6. The van der Waals surface area contributed by atoms with Crippen LogP contribution in [-0.4, -0.2) is 46.7 Å². The third-order valence-electron chi connectivity index (χ3n) is 6.51. The lowest BCUT2D eigenvalue weighted by Gasteiger charge is -2.24. The number of nitrogens with zero attached hydrogens (tertiary/aromatic N) is 2. The molecule has 0 spiro atoms. The fourth-order valence-corrected chi connectivity index (χ4v) is 5.54. The van der Waals surface area contributed by atoms with Gasteiger partial charge in [-0.05, 0) is 54.8 Å². The normalized spacial score (nSPS) is 15.5. The zero-order valence-electron chi connectivity index (χ0n) is 22.8. The maximum atomic E-state index is 13.6. The second kappa shape index (κ2) is 12.9. The fraction of sp³-hybridized carbons (Fsp3) is 0.300. The first-order valence-corrected chi connectivity index (χ1v) is 13.8. The molecule has 0 saturated heterocycles. The number of carbonyl (C=O) groups excluding carboxylic acids is 2. The van der Waals surface area contributed by atoms with E-state index in [1.165, 1.54) is 48.1 Å². The van der Waals surface area contributed by atoms with Crippen LogP contribution in [0.5, 0.6) is 17.2 Å². The van der Waals surface area contributed by atoms with Crippen molar-refractivity contribution in [2.24, 2.45) is 11.0 Å². The Morgan fingerprint density at radius 3 is 2.48 bits per heavy atom. The molecule has 8 nitrogen and oxygen atoms in total. The number of methoxy groups -OCH3 is 1. The fourth-order valence-electron chi connectivity index (χ4n) is 4.36. The van der Waals surface area contributed by atoms with E-state index in [-0.39, 0.29) is 41.6 Å². The summed E-state index contributed by atoms with van der Waals surface area (Å²) in [5.74, 6) is -0.382. The molecule has 3 aromatic rings. The van der Waals surface area contributed by atoms with Crippen LogP contribution in [0.25, 0.3) is 0 Å². The highest BCUT2D eigenvalue weighted by molar-refractivity contribution is 8.14. The van der Waals surface area contributed by atoms with E-state index in [1.807, 2.05) is 20.8 Å². The minimum absolute atomic E-state index is 0.0372. The number of benzene rings is 3. The van der Waals surface area contributed by atoms with E-state index < -0.39 is 11.3 Å². The monoisotopic (exact) mass is 565 g/mol. The predicted molar refractivity (Wildman–Crippen MR) is 153 cm³/mol. The van der Waals surface area contributed by atoms with Crippen LogP contribution in [-0.2, 0) is 4.79 Å². The van der Waals surface area contributed by atoms with Gasteiger partial charge in [-0.2, -0.15) is 5.10 Å². The van der Waals surface area contributed by atoms with Crippen molar-refractivity contribution in [1.29, 1.82) is 0 Å². The number of phenolic OH excluding ortho intramolecular Hbond substituents is 1. The van der Waals surface area contributed by atoms with E-state index in [0.717, 1.165) is 6.42 Å². The van der Waals surface area contributed by atoms with Crippen LogP contribution in [0.2, 0.25) is 0 Å².